The lowest BCUT2D eigenvalue weighted by Gasteiger charge is -2.26. The quantitative estimate of drug-likeness (QED) is 0.719. The normalized spacial score (nSPS) is 31.0. The maximum absolute atomic E-state index is 5.73. The first-order valence-electron chi connectivity index (χ1n) is 4.91. The van der Waals surface area contributed by atoms with Gasteiger partial charge in [-0.25, -0.2) is 0 Å². The molecule has 0 spiro atoms. The number of hydrogen-bond donors (Lipinski definition) is 1. The molecule has 1 fully saturated rings. The second-order valence-corrected chi connectivity index (χ2v) is 6.76. The predicted octanol–water partition coefficient (Wildman–Crippen LogP) is 2.65. The van der Waals surface area contributed by atoms with E-state index < -0.39 is 0 Å². The Morgan fingerprint density at radius 2 is 2.00 bits per heavy atom. The van der Waals surface area contributed by atoms with Crippen molar-refractivity contribution < 1.29 is 0 Å². The number of thioether (sulfide) groups is 1. The van der Waals surface area contributed by atoms with E-state index in [1.54, 1.807) is 0 Å². The van der Waals surface area contributed by atoms with Gasteiger partial charge in [0.25, 0.3) is 0 Å². The summed E-state index contributed by atoms with van der Waals surface area (Å²) in [4.78, 5) is 0. The minimum absolute atomic E-state index is 0.405. The van der Waals surface area contributed by atoms with Crippen LogP contribution in [0.1, 0.15) is 40.0 Å². The Kier molecular flexibility index (Phi) is 3.47. The summed E-state index contributed by atoms with van der Waals surface area (Å²) in [6, 6.07) is 0. The first-order chi connectivity index (χ1) is 5.53. The van der Waals surface area contributed by atoms with Gasteiger partial charge in [0.05, 0.1) is 0 Å². The number of hydrogen-bond acceptors (Lipinski definition) is 2. The standard InChI is InChI=1S/C10H21NS/c1-10(2,3)12-9-6-4-5-8(9)7-11/h8-9H,4-7,11H2,1-3H3. The zero-order chi connectivity index (χ0) is 9.19. The van der Waals surface area contributed by atoms with Crippen molar-refractivity contribution in [1.82, 2.24) is 0 Å². The minimum atomic E-state index is 0.405. The molecule has 1 aliphatic rings. The molecule has 2 N–H and O–H groups in total. The fraction of sp³-hybridized carbons (Fsp3) is 1.00. The molecule has 0 amide bonds. The smallest absolute Gasteiger partial charge is 0.00926 e. The average Bonchev–Trinajstić information content (AvgIpc) is 2.31. The molecule has 1 rings (SSSR count). The van der Waals surface area contributed by atoms with E-state index in [-0.39, 0.29) is 0 Å². The third kappa shape index (κ3) is 2.98. The molecule has 72 valence electrons. The Labute approximate surface area is 80.5 Å². The van der Waals surface area contributed by atoms with E-state index in [0.717, 1.165) is 17.7 Å². The summed E-state index contributed by atoms with van der Waals surface area (Å²) in [6.45, 7) is 7.77. The van der Waals surface area contributed by atoms with Crippen LogP contribution in [0.4, 0.5) is 0 Å². The largest absolute Gasteiger partial charge is 0.330 e. The molecule has 1 saturated carbocycles. The molecular formula is C10H21NS. The molecule has 0 aromatic carbocycles. The van der Waals surface area contributed by atoms with E-state index >= 15 is 0 Å². The van der Waals surface area contributed by atoms with Crippen LogP contribution in [0.2, 0.25) is 0 Å². The molecule has 12 heavy (non-hydrogen) atoms. The molecule has 2 heteroatoms. The third-order valence-corrected chi connectivity index (χ3v) is 4.03. The Morgan fingerprint density at radius 1 is 1.33 bits per heavy atom. The van der Waals surface area contributed by atoms with Crippen LogP contribution in [-0.2, 0) is 0 Å². The van der Waals surface area contributed by atoms with Gasteiger partial charge < -0.3 is 5.73 Å². The molecular weight excluding hydrogens is 166 g/mol. The van der Waals surface area contributed by atoms with Crippen molar-refractivity contribution >= 4 is 11.8 Å². The zero-order valence-corrected chi connectivity index (χ0v) is 9.29. The first-order valence-corrected chi connectivity index (χ1v) is 5.79. The van der Waals surface area contributed by atoms with Crippen molar-refractivity contribution in [3.05, 3.63) is 0 Å². The Bertz CT molecular complexity index is 139. The summed E-state index contributed by atoms with van der Waals surface area (Å²) in [7, 11) is 0. The lowest BCUT2D eigenvalue weighted by molar-refractivity contribution is 0.569. The van der Waals surface area contributed by atoms with Gasteiger partial charge in [0.2, 0.25) is 0 Å². The Balaban J connectivity index is 2.41. The van der Waals surface area contributed by atoms with Crippen LogP contribution in [0, 0.1) is 5.92 Å². The van der Waals surface area contributed by atoms with E-state index in [2.05, 4.69) is 32.5 Å². The van der Waals surface area contributed by atoms with E-state index in [4.69, 9.17) is 5.73 Å². The first kappa shape index (κ1) is 10.4. The van der Waals surface area contributed by atoms with E-state index in [1.165, 1.54) is 19.3 Å². The molecule has 1 aliphatic carbocycles. The van der Waals surface area contributed by atoms with Crippen LogP contribution in [0.25, 0.3) is 0 Å². The molecule has 0 aromatic heterocycles. The molecule has 1 nitrogen and oxygen atoms in total. The van der Waals surface area contributed by atoms with Gasteiger partial charge in [0, 0.05) is 10.00 Å². The van der Waals surface area contributed by atoms with Crippen LogP contribution in [-0.4, -0.2) is 16.5 Å². The Hall–Kier alpha value is 0.310. The topological polar surface area (TPSA) is 26.0 Å². The maximum Gasteiger partial charge on any atom is 0.00926 e. The van der Waals surface area contributed by atoms with Crippen LogP contribution < -0.4 is 5.73 Å². The van der Waals surface area contributed by atoms with Crippen molar-refractivity contribution in [2.24, 2.45) is 11.7 Å². The maximum atomic E-state index is 5.73. The summed E-state index contributed by atoms with van der Waals surface area (Å²) < 4.78 is 0.405. The van der Waals surface area contributed by atoms with Gasteiger partial charge >= 0.3 is 0 Å². The zero-order valence-electron chi connectivity index (χ0n) is 8.47. The molecule has 0 heterocycles. The fourth-order valence-corrected chi connectivity index (χ4v) is 3.51. The van der Waals surface area contributed by atoms with E-state index in [0.29, 0.717) is 4.75 Å². The van der Waals surface area contributed by atoms with Crippen molar-refractivity contribution in [2.75, 3.05) is 6.54 Å². The highest BCUT2D eigenvalue weighted by molar-refractivity contribution is 8.01. The van der Waals surface area contributed by atoms with Crippen molar-refractivity contribution in [1.29, 1.82) is 0 Å². The summed E-state index contributed by atoms with van der Waals surface area (Å²) >= 11 is 2.12. The van der Waals surface area contributed by atoms with Gasteiger partial charge in [-0.3, -0.25) is 0 Å². The second kappa shape index (κ2) is 4.01. The fourth-order valence-electron chi connectivity index (χ4n) is 1.88. The summed E-state index contributed by atoms with van der Waals surface area (Å²) in [5, 5.41) is 0.829. The highest BCUT2D eigenvalue weighted by atomic mass is 32.2. The summed E-state index contributed by atoms with van der Waals surface area (Å²) in [5.41, 5.74) is 5.73. The lowest BCUT2D eigenvalue weighted by atomic mass is 10.1. The number of nitrogens with two attached hydrogens (primary N) is 1. The van der Waals surface area contributed by atoms with Gasteiger partial charge in [-0.15, -0.1) is 0 Å². The summed E-state index contributed by atoms with van der Waals surface area (Å²) in [5.74, 6) is 0.786. The van der Waals surface area contributed by atoms with Gasteiger partial charge in [-0.05, 0) is 25.3 Å². The van der Waals surface area contributed by atoms with Crippen LogP contribution in [0.15, 0.2) is 0 Å². The number of rotatable bonds is 2. The van der Waals surface area contributed by atoms with Crippen LogP contribution >= 0.6 is 11.8 Å². The average molecular weight is 187 g/mol. The molecule has 2 unspecified atom stereocenters. The van der Waals surface area contributed by atoms with E-state index in [1.807, 2.05) is 0 Å². The van der Waals surface area contributed by atoms with Crippen LogP contribution in [0.5, 0.6) is 0 Å². The molecule has 0 radical (unpaired) electrons. The highest BCUT2D eigenvalue weighted by Crippen LogP contribution is 2.40. The Morgan fingerprint density at radius 3 is 2.50 bits per heavy atom. The second-order valence-electron chi connectivity index (χ2n) is 4.70. The van der Waals surface area contributed by atoms with Gasteiger partial charge in [-0.2, -0.15) is 11.8 Å². The van der Waals surface area contributed by atoms with Gasteiger partial charge in [-0.1, -0.05) is 27.2 Å². The monoisotopic (exact) mass is 187 g/mol. The minimum Gasteiger partial charge on any atom is -0.330 e. The van der Waals surface area contributed by atoms with Crippen molar-refractivity contribution in [3.63, 3.8) is 0 Å². The van der Waals surface area contributed by atoms with Crippen molar-refractivity contribution in [2.45, 2.75) is 50.0 Å². The predicted molar refractivity (Wildman–Crippen MR) is 57.5 cm³/mol. The molecule has 2 atom stereocenters. The third-order valence-electron chi connectivity index (χ3n) is 2.40. The lowest BCUT2D eigenvalue weighted by Crippen LogP contribution is -2.24. The van der Waals surface area contributed by atoms with Gasteiger partial charge in [0.15, 0.2) is 0 Å². The van der Waals surface area contributed by atoms with Gasteiger partial charge in [0.1, 0.15) is 0 Å². The van der Waals surface area contributed by atoms with E-state index in [9.17, 15) is 0 Å². The van der Waals surface area contributed by atoms with Crippen molar-refractivity contribution in [3.8, 4) is 0 Å². The molecule has 0 aromatic rings. The SMILES string of the molecule is CC(C)(C)SC1CCCC1CN. The molecule has 0 bridgehead atoms. The molecule has 0 aliphatic heterocycles. The van der Waals surface area contributed by atoms with Crippen LogP contribution in [0.3, 0.4) is 0 Å². The highest BCUT2D eigenvalue weighted by Gasteiger charge is 2.29. The summed E-state index contributed by atoms with van der Waals surface area (Å²) in [6.07, 6.45) is 4.11. The molecule has 0 saturated heterocycles.